The molecule has 0 fully saturated rings. The van der Waals surface area contributed by atoms with E-state index >= 15 is 0 Å². The van der Waals surface area contributed by atoms with E-state index in [1.165, 1.54) is 11.8 Å². The van der Waals surface area contributed by atoms with E-state index in [2.05, 4.69) is 0 Å². The Kier molecular flexibility index (Phi) is 5.14. The number of rotatable bonds is 3. The highest BCUT2D eigenvalue weighted by atomic mass is 35.5. The minimum atomic E-state index is -0.242. The number of carbonyl (C=O) groups excluding carboxylic acids is 2. The normalized spacial score (nSPS) is 14.2. The molecule has 1 heterocycles. The van der Waals surface area contributed by atoms with E-state index in [9.17, 15) is 9.59 Å². The predicted octanol–water partition coefficient (Wildman–Crippen LogP) is 6.38. The lowest BCUT2D eigenvalue weighted by Gasteiger charge is -2.16. The third-order valence-electron chi connectivity index (χ3n) is 4.47. The summed E-state index contributed by atoms with van der Waals surface area (Å²) in [5.74, 6) is 0.833. The van der Waals surface area contributed by atoms with Crippen LogP contribution in [0.15, 0.2) is 72.4 Å². The maximum atomic E-state index is 12.8. The SMILES string of the molecule is CC(=O)N1/C(=C/c2ccc(Oc3ccc(Cl)cc3)cc2)C(=O)c2cc(Cl)ccc21. The third kappa shape index (κ3) is 3.90. The lowest BCUT2D eigenvalue weighted by molar-refractivity contribution is -0.116. The number of nitrogens with zero attached hydrogens (tertiary/aromatic N) is 1. The Morgan fingerprint density at radius 2 is 1.48 bits per heavy atom. The molecule has 0 radical (unpaired) electrons. The summed E-state index contributed by atoms with van der Waals surface area (Å²) in [5, 5.41) is 1.09. The second-order valence-corrected chi connectivity index (χ2v) is 7.37. The first kappa shape index (κ1) is 19.2. The number of anilines is 1. The molecule has 0 spiro atoms. The molecule has 0 aliphatic carbocycles. The van der Waals surface area contributed by atoms with Crippen LogP contribution in [0, 0.1) is 0 Å². The fourth-order valence-corrected chi connectivity index (χ4v) is 3.45. The monoisotopic (exact) mass is 423 g/mol. The van der Waals surface area contributed by atoms with Gasteiger partial charge in [0, 0.05) is 22.5 Å². The van der Waals surface area contributed by atoms with Crippen LogP contribution in [0.4, 0.5) is 5.69 Å². The van der Waals surface area contributed by atoms with Crippen LogP contribution in [-0.4, -0.2) is 11.7 Å². The van der Waals surface area contributed by atoms with Gasteiger partial charge in [-0.2, -0.15) is 0 Å². The number of ketones is 1. The maximum absolute atomic E-state index is 12.8. The van der Waals surface area contributed by atoms with E-state index in [0.29, 0.717) is 38.5 Å². The van der Waals surface area contributed by atoms with Crippen LogP contribution >= 0.6 is 23.2 Å². The summed E-state index contributed by atoms with van der Waals surface area (Å²) < 4.78 is 5.78. The Labute approximate surface area is 177 Å². The van der Waals surface area contributed by atoms with Crippen LogP contribution in [0.25, 0.3) is 6.08 Å². The van der Waals surface area contributed by atoms with E-state index in [4.69, 9.17) is 27.9 Å². The van der Waals surface area contributed by atoms with Gasteiger partial charge in [0.2, 0.25) is 11.7 Å². The molecule has 0 unspecified atom stereocenters. The van der Waals surface area contributed by atoms with Crippen LogP contribution in [0.1, 0.15) is 22.8 Å². The van der Waals surface area contributed by atoms with Crippen molar-refractivity contribution in [1.82, 2.24) is 0 Å². The molecule has 6 heteroatoms. The molecule has 0 saturated heterocycles. The molecule has 1 amide bonds. The minimum absolute atomic E-state index is 0.237. The van der Waals surface area contributed by atoms with Crippen LogP contribution in [0.5, 0.6) is 11.5 Å². The summed E-state index contributed by atoms with van der Waals surface area (Å²) >= 11 is 11.9. The number of carbonyl (C=O) groups is 2. The van der Waals surface area contributed by atoms with Gasteiger partial charge in [0.15, 0.2) is 0 Å². The van der Waals surface area contributed by atoms with Crippen molar-refractivity contribution < 1.29 is 14.3 Å². The number of benzene rings is 3. The van der Waals surface area contributed by atoms with Gasteiger partial charge in [-0.15, -0.1) is 0 Å². The highest BCUT2D eigenvalue weighted by Crippen LogP contribution is 2.37. The number of fused-ring (bicyclic) bond motifs is 1. The molecule has 4 rings (SSSR count). The number of ether oxygens (including phenoxy) is 1. The van der Waals surface area contributed by atoms with Crippen molar-refractivity contribution in [3.05, 3.63) is 93.6 Å². The number of Topliss-reactive ketones (excluding diaryl/α,β-unsaturated/α-hetero) is 1. The lowest BCUT2D eigenvalue weighted by Crippen LogP contribution is -2.25. The number of allylic oxidation sites excluding steroid dienone is 1. The van der Waals surface area contributed by atoms with Gasteiger partial charge >= 0.3 is 0 Å². The molecular weight excluding hydrogens is 409 g/mol. The van der Waals surface area contributed by atoms with Gasteiger partial charge in [0.25, 0.3) is 0 Å². The predicted molar refractivity (Wildman–Crippen MR) is 115 cm³/mol. The Balaban J connectivity index is 1.62. The van der Waals surface area contributed by atoms with Crippen molar-refractivity contribution in [3.63, 3.8) is 0 Å². The average Bonchev–Trinajstić information content (AvgIpc) is 2.97. The van der Waals surface area contributed by atoms with Crippen LogP contribution in [0.2, 0.25) is 10.0 Å². The number of amides is 1. The molecule has 4 nitrogen and oxygen atoms in total. The van der Waals surface area contributed by atoms with Gasteiger partial charge in [-0.3, -0.25) is 14.5 Å². The Hall–Kier alpha value is -3.08. The van der Waals surface area contributed by atoms with Gasteiger partial charge in [0.05, 0.1) is 11.4 Å². The van der Waals surface area contributed by atoms with Crippen molar-refractivity contribution in [1.29, 1.82) is 0 Å². The molecule has 0 bridgehead atoms. The second kappa shape index (κ2) is 7.74. The molecule has 3 aromatic rings. The zero-order valence-electron chi connectivity index (χ0n) is 15.4. The topological polar surface area (TPSA) is 46.6 Å². The second-order valence-electron chi connectivity index (χ2n) is 6.50. The molecule has 1 aliphatic rings. The summed E-state index contributed by atoms with van der Waals surface area (Å²) in [4.78, 5) is 26.4. The molecule has 3 aromatic carbocycles. The Morgan fingerprint density at radius 3 is 2.10 bits per heavy atom. The molecule has 1 aliphatic heterocycles. The molecule has 0 atom stereocenters. The van der Waals surface area contributed by atoms with Crippen LogP contribution in [0.3, 0.4) is 0 Å². The van der Waals surface area contributed by atoms with E-state index < -0.39 is 0 Å². The third-order valence-corrected chi connectivity index (χ3v) is 4.95. The summed E-state index contributed by atoms with van der Waals surface area (Å²) in [5.41, 5.74) is 2.02. The number of hydrogen-bond donors (Lipinski definition) is 0. The summed E-state index contributed by atoms with van der Waals surface area (Å²) in [6.07, 6.45) is 1.68. The molecule has 0 aromatic heterocycles. The van der Waals surface area contributed by atoms with Gasteiger partial charge in [0.1, 0.15) is 11.5 Å². The first-order chi connectivity index (χ1) is 13.9. The van der Waals surface area contributed by atoms with Crippen LogP contribution in [-0.2, 0) is 4.79 Å². The average molecular weight is 424 g/mol. The van der Waals surface area contributed by atoms with Gasteiger partial charge in [-0.1, -0.05) is 35.3 Å². The Morgan fingerprint density at radius 1 is 0.897 bits per heavy atom. The van der Waals surface area contributed by atoms with Gasteiger partial charge in [-0.25, -0.2) is 0 Å². The van der Waals surface area contributed by atoms with E-state index in [1.807, 2.05) is 12.1 Å². The van der Waals surface area contributed by atoms with Gasteiger partial charge in [-0.05, 0) is 66.2 Å². The smallest absolute Gasteiger partial charge is 0.228 e. The zero-order valence-corrected chi connectivity index (χ0v) is 16.9. The highest BCUT2D eigenvalue weighted by Gasteiger charge is 2.34. The van der Waals surface area contributed by atoms with Crippen LogP contribution < -0.4 is 9.64 Å². The summed E-state index contributed by atoms with van der Waals surface area (Å²) in [6.45, 7) is 1.42. The van der Waals surface area contributed by atoms with E-state index in [0.717, 1.165) is 5.56 Å². The molecule has 29 heavy (non-hydrogen) atoms. The molecular formula is C23H15Cl2NO3. The van der Waals surface area contributed by atoms with E-state index in [1.54, 1.807) is 60.7 Å². The van der Waals surface area contributed by atoms with Crippen molar-refractivity contribution in [2.75, 3.05) is 4.90 Å². The largest absolute Gasteiger partial charge is 0.457 e. The standard InChI is InChI=1S/C23H15Cl2NO3/c1-14(27)26-21-11-6-17(25)13-20(21)23(28)22(26)12-15-2-7-18(8-3-15)29-19-9-4-16(24)5-10-19/h2-13H,1H3/b22-12+. The van der Waals surface area contributed by atoms with Crippen molar-refractivity contribution in [2.45, 2.75) is 6.92 Å². The summed E-state index contributed by atoms with van der Waals surface area (Å²) in [7, 11) is 0. The zero-order chi connectivity index (χ0) is 20.5. The minimum Gasteiger partial charge on any atom is -0.457 e. The fourth-order valence-electron chi connectivity index (χ4n) is 3.15. The number of hydrogen-bond acceptors (Lipinski definition) is 3. The number of halogens is 2. The first-order valence-corrected chi connectivity index (χ1v) is 9.58. The molecule has 0 N–H and O–H groups in total. The highest BCUT2D eigenvalue weighted by molar-refractivity contribution is 6.33. The quantitative estimate of drug-likeness (QED) is 0.459. The summed E-state index contributed by atoms with van der Waals surface area (Å²) in [6, 6.07) is 19.2. The van der Waals surface area contributed by atoms with Gasteiger partial charge < -0.3 is 4.74 Å². The first-order valence-electron chi connectivity index (χ1n) is 8.82. The fraction of sp³-hybridized carbons (Fsp3) is 0.0435. The maximum Gasteiger partial charge on any atom is 0.228 e. The van der Waals surface area contributed by atoms with Crippen molar-refractivity contribution in [3.8, 4) is 11.5 Å². The van der Waals surface area contributed by atoms with E-state index in [-0.39, 0.29) is 11.7 Å². The lowest BCUT2D eigenvalue weighted by atomic mass is 10.1. The molecule has 144 valence electrons. The molecule has 0 saturated carbocycles. The van der Waals surface area contributed by atoms with Crippen molar-refractivity contribution in [2.24, 2.45) is 0 Å². The Bertz CT molecular complexity index is 1140. The van der Waals surface area contributed by atoms with Crippen molar-refractivity contribution >= 4 is 46.7 Å².